The van der Waals surface area contributed by atoms with Crippen molar-refractivity contribution >= 4 is 23.2 Å². The Labute approximate surface area is 113 Å². The number of methoxy groups -OCH3 is 1. The van der Waals surface area contributed by atoms with Crippen LogP contribution in [0.25, 0.3) is 0 Å². The maximum absolute atomic E-state index is 6.24. The SMILES string of the molecule is CCNC(c1cc(Cl)ccc1Cl)C(C)(C)OC. The predicted molar refractivity (Wildman–Crippen MR) is 74.0 cm³/mol. The van der Waals surface area contributed by atoms with Crippen LogP contribution in [-0.4, -0.2) is 19.3 Å². The summed E-state index contributed by atoms with van der Waals surface area (Å²) in [5, 5.41) is 4.77. The van der Waals surface area contributed by atoms with Gasteiger partial charge in [-0.2, -0.15) is 0 Å². The minimum atomic E-state index is -0.357. The van der Waals surface area contributed by atoms with Crippen molar-refractivity contribution in [2.24, 2.45) is 0 Å². The third kappa shape index (κ3) is 3.59. The fourth-order valence-electron chi connectivity index (χ4n) is 1.79. The molecule has 0 amide bonds. The van der Waals surface area contributed by atoms with E-state index in [1.807, 2.05) is 26.0 Å². The first-order chi connectivity index (χ1) is 7.92. The molecule has 0 radical (unpaired) electrons. The highest BCUT2D eigenvalue weighted by Gasteiger charge is 2.31. The molecule has 0 aliphatic heterocycles. The molecule has 17 heavy (non-hydrogen) atoms. The molecular formula is C13H19Cl2NO. The number of benzene rings is 1. The number of likely N-dealkylation sites (N-methyl/N-ethyl adjacent to an activating group) is 1. The zero-order valence-electron chi connectivity index (χ0n) is 10.7. The largest absolute Gasteiger partial charge is 0.377 e. The average Bonchev–Trinajstić information content (AvgIpc) is 2.29. The van der Waals surface area contributed by atoms with Crippen LogP contribution >= 0.6 is 23.2 Å². The molecule has 0 aliphatic carbocycles. The Balaban J connectivity index is 3.17. The summed E-state index contributed by atoms with van der Waals surface area (Å²) >= 11 is 12.3. The van der Waals surface area contributed by atoms with Crippen LogP contribution in [0.4, 0.5) is 0 Å². The van der Waals surface area contributed by atoms with Crippen LogP contribution in [0, 0.1) is 0 Å². The van der Waals surface area contributed by atoms with Crippen molar-refractivity contribution in [2.45, 2.75) is 32.4 Å². The normalized spacial score (nSPS) is 13.8. The summed E-state index contributed by atoms with van der Waals surface area (Å²) in [4.78, 5) is 0. The minimum absolute atomic E-state index is 0.00343. The molecule has 0 aromatic heterocycles. The van der Waals surface area contributed by atoms with Gasteiger partial charge in [0.2, 0.25) is 0 Å². The lowest BCUT2D eigenvalue weighted by Crippen LogP contribution is -2.41. The highest BCUT2D eigenvalue weighted by molar-refractivity contribution is 6.33. The van der Waals surface area contributed by atoms with Crippen molar-refractivity contribution in [1.29, 1.82) is 0 Å². The third-order valence-corrected chi connectivity index (χ3v) is 3.48. The maximum atomic E-state index is 6.24. The lowest BCUT2D eigenvalue weighted by atomic mass is 9.91. The lowest BCUT2D eigenvalue weighted by molar-refractivity contribution is -0.0106. The Hall–Kier alpha value is -0.280. The van der Waals surface area contributed by atoms with Gasteiger partial charge in [-0.25, -0.2) is 0 Å². The second kappa shape index (κ2) is 6.05. The zero-order chi connectivity index (χ0) is 13.1. The molecule has 1 aromatic carbocycles. The van der Waals surface area contributed by atoms with Crippen molar-refractivity contribution in [2.75, 3.05) is 13.7 Å². The van der Waals surface area contributed by atoms with Gasteiger partial charge in [0.25, 0.3) is 0 Å². The van der Waals surface area contributed by atoms with Crippen LogP contribution in [0.15, 0.2) is 18.2 Å². The van der Waals surface area contributed by atoms with Gasteiger partial charge < -0.3 is 10.1 Å². The number of rotatable bonds is 5. The second-order valence-electron chi connectivity index (χ2n) is 4.46. The molecular weight excluding hydrogens is 257 g/mol. The molecule has 1 rings (SSSR count). The van der Waals surface area contributed by atoms with E-state index in [0.29, 0.717) is 10.0 Å². The van der Waals surface area contributed by atoms with Gasteiger partial charge in [-0.1, -0.05) is 30.1 Å². The molecule has 4 heteroatoms. The van der Waals surface area contributed by atoms with Crippen LogP contribution < -0.4 is 5.32 Å². The van der Waals surface area contributed by atoms with Crippen molar-refractivity contribution in [3.63, 3.8) is 0 Å². The summed E-state index contributed by atoms with van der Waals surface area (Å²) in [5.41, 5.74) is 0.609. The monoisotopic (exact) mass is 275 g/mol. The van der Waals surface area contributed by atoms with E-state index in [9.17, 15) is 0 Å². The Kier molecular flexibility index (Phi) is 5.26. The maximum Gasteiger partial charge on any atom is 0.0817 e. The van der Waals surface area contributed by atoms with Gasteiger partial charge in [-0.15, -0.1) is 0 Å². The van der Waals surface area contributed by atoms with Gasteiger partial charge in [0, 0.05) is 17.2 Å². The van der Waals surface area contributed by atoms with E-state index in [-0.39, 0.29) is 11.6 Å². The van der Waals surface area contributed by atoms with Crippen molar-refractivity contribution in [3.8, 4) is 0 Å². The van der Waals surface area contributed by atoms with E-state index >= 15 is 0 Å². The summed E-state index contributed by atoms with van der Waals surface area (Å²) in [6, 6.07) is 5.49. The fraction of sp³-hybridized carbons (Fsp3) is 0.538. The minimum Gasteiger partial charge on any atom is -0.377 e. The number of hydrogen-bond acceptors (Lipinski definition) is 2. The van der Waals surface area contributed by atoms with Crippen LogP contribution in [0.1, 0.15) is 32.4 Å². The molecule has 0 spiro atoms. The zero-order valence-corrected chi connectivity index (χ0v) is 12.2. The van der Waals surface area contributed by atoms with Crippen LogP contribution in [0.5, 0.6) is 0 Å². The molecule has 0 saturated carbocycles. The molecule has 2 nitrogen and oxygen atoms in total. The first kappa shape index (κ1) is 14.8. The number of halogens is 2. The lowest BCUT2D eigenvalue weighted by Gasteiger charge is -2.34. The quantitative estimate of drug-likeness (QED) is 0.875. The Bertz CT molecular complexity index is 380. The number of ether oxygens (including phenoxy) is 1. The summed E-state index contributed by atoms with van der Waals surface area (Å²) in [5.74, 6) is 0. The molecule has 0 bridgehead atoms. The predicted octanol–water partition coefficient (Wildman–Crippen LogP) is 4.07. The summed E-state index contributed by atoms with van der Waals surface area (Å²) in [6.45, 7) is 6.94. The molecule has 1 aromatic rings. The van der Waals surface area contributed by atoms with Crippen LogP contribution in [0.2, 0.25) is 10.0 Å². The number of nitrogens with one attached hydrogen (secondary N) is 1. The van der Waals surface area contributed by atoms with Crippen molar-refractivity contribution < 1.29 is 4.74 Å². The molecule has 96 valence electrons. The smallest absolute Gasteiger partial charge is 0.0817 e. The molecule has 0 aliphatic rings. The summed E-state index contributed by atoms with van der Waals surface area (Å²) in [6.07, 6.45) is 0. The fourth-order valence-corrected chi connectivity index (χ4v) is 2.20. The van der Waals surface area contributed by atoms with Gasteiger partial charge >= 0.3 is 0 Å². The van der Waals surface area contributed by atoms with Crippen molar-refractivity contribution in [3.05, 3.63) is 33.8 Å². The van der Waals surface area contributed by atoms with E-state index in [2.05, 4.69) is 12.2 Å². The van der Waals surface area contributed by atoms with Crippen LogP contribution in [-0.2, 0) is 4.74 Å². The Morgan fingerprint density at radius 1 is 1.35 bits per heavy atom. The second-order valence-corrected chi connectivity index (χ2v) is 5.31. The van der Waals surface area contributed by atoms with E-state index in [1.54, 1.807) is 13.2 Å². The van der Waals surface area contributed by atoms with E-state index in [1.165, 1.54) is 0 Å². The first-order valence-electron chi connectivity index (χ1n) is 5.66. The Morgan fingerprint density at radius 2 is 2.00 bits per heavy atom. The molecule has 1 N–H and O–H groups in total. The molecule has 0 saturated heterocycles. The number of hydrogen-bond donors (Lipinski definition) is 1. The molecule has 1 atom stereocenters. The summed E-state index contributed by atoms with van der Waals surface area (Å²) in [7, 11) is 1.70. The first-order valence-corrected chi connectivity index (χ1v) is 6.41. The van der Waals surface area contributed by atoms with Crippen LogP contribution in [0.3, 0.4) is 0 Å². The van der Waals surface area contributed by atoms with E-state index in [4.69, 9.17) is 27.9 Å². The average molecular weight is 276 g/mol. The van der Waals surface area contributed by atoms with Crippen molar-refractivity contribution in [1.82, 2.24) is 5.32 Å². The summed E-state index contributed by atoms with van der Waals surface area (Å²) < 4.78 is 5.54. The Morgan fingerprint density at radius 3 is 2.53 bits per heavy atom. The highest BCUT2D eigenvalue weighted by Crippen LogP contribution is 2.34. The highest BCUT2D eigenvalue weighted by atomic mass is 35.5. The topological polar surface area (TPSA) is 21.3 Å². The molecule has 1 unspecified atom stereocenters. The molecule has 0 fully saturated rings. The van der Waals surface area contributed by atoms with Gasteiger partial charge in [0.15, 0.2) is 0 Å². The standard InChI is InChI=1S/C13H19Cl2NO/c1-5-16-12(13(2,3)17-4)10-8-9(14)6-7-11(10)15/h6-8,12,16H,5H2,1-4H3. The van der Waals surface area contributed by atoms with Gasteiger partial charge in [-0.3, -0.25) is 0 Å². The van der Waals surface area contributed by atoms with Gasteiger partial charge in [0.05, 0.1) is 11.6 Å². The molecule has 0 heterocycles. The third-order valence-electron chi connectivity index (χ3n) is 2.90. The van der Waals surface area contributed by atoms with E-state index < -0.39 is 0 Å². The van der Waals surface area contributed by atoms with Gasteiger partial charge in [0.1, 0.15) is 0 Å². The van der Waals surface area contributed by atoms with Gasteiger partial charge in [-0.05, 0) is 44.2 Å². The van der Waals surface area contributed by atoms with E-state index in [0.717, 1.165) is 12.1 Å².